The fourth-order valence-corrected chi connectivity index (χ4v) is 5.74. The predicted molar refractivity (Wildman–Crippen MR) is 116 cm³/mol. The number of nitriles is 1. The van der Waals surface area contributed by atoms with Crippen LogP contribution in [0.25, 0.3) is 0 Å². The third-order valence-corrected chi connectivity index (χ3v) is 7.31. The number of hydrogen-bond donors (Lipinski definition) is 1. The van der Waals surface area contributed by atoms with E-state index in [9.17, 15) is 23.2 Å². The topological polar surface area (TPSA) is 70.1 Å². The number of allylic oxidation sites excluding steroid dienone is 3. The lowest BCUT2D eigenvalue weighted by molar-refractivity contribution is -0.137. The zero-order valence-electron chi connectivity index (χ0n) is 15.8. The number of nitrogens with zero attached hydrogens (tertiary/aromatic N) is 2. The number of anilines is 1. The quantitative estimate of drug-likeness (QED) is 0.484. The van der Waals surface area contributed by atoms with E-state index in [0.29, 0.717) is 30.5 Å². The summed E-state index contributed by atoms with van der Waals surface area (Å²) in [6.07, 6.45) is -3.33. The molecule has 160 valence electrons. The van der Waals surface area contributed by atoms with Crippen LogP contribution in [0.1, 0.15) is 35.6 Å². The van der Waals surface area contributed by atoms with Crippen molar-refractivity contribution >= 4 is 50.3 Å². The smallest absolute Gasteiger partial charge is 0.384 e. The van der Waals surface area contributed by atoms with Crippen molar-refractivity contribution in [1.29, 1.82) is 5.26 Å². The monoisotopic (exact) mass is 527 g/mol. The summed E-state index contributed by atoms with van der Waals surface area (Å²) in [5.41, 5.74) is 6.46. The third-order valence-electron chi connectivity index (χ3n) is 5.31. The third kappa shape index (κ3) is 3.77. The van der Waals surface area contributed by atoms with Gasteiger partial charge in [-0.1, -0.05) is 11.6 Å². The van der Waals surface area contributed by atoms with E-state index in [4.69, 9.17) is 17.3 Å². The Morgan fingerprint density at radius 1 is 1.26 bits per heavy atom. The fourth-order valence-electron chi connectivity index (χ4n) is 3.99. The minimum Gasteiger partial charge on any atom is -0.384 e. The Bertz CT molecular complexity index is 1200. The second-order valence-electron chi connectivity index (χ2n) is 7.12. The first-order chi connectivity index (χ1) is 14.6. The Morgan fingerprint density at radius 2 is 2.00 bits per heavy atom. The van der Waals surface area contributed by atoms with Gasteiger partial charge in [-0.2, -0.15) is 18.4 Å². The van der Waals surface area contributed by atoms with Gasteiger partial charge in [-0.25, -0.2) is 0 Å². The number of hydrogen-bond acceptors (Lipinski definition) is 5. The van der Waals surface area contributed by atoms with Crippen molar-refractivity contribution in [3.8, 4) is 6.07 Å². The van der Waals surface area contributed by atoms with Gasteiger partial charge < -0.3 is 5.73 Å². The number of carbonyl (C=O) groups excluding carboxylic acids is 1. The van der Waals surface area contributed by atoms with Crippen LogP contribution in [-0.2, 0) is 11.0 Å². The van der Waals surface area contributed by atoms with Gasteiger partial charge in [0.15, 0.2) is 5.78 Å². The molecule has 0 bridgehead atoms. The number of thiophene rings is 1. The molecule has 31 heavy (non-hydrogen) atoms. The van der Waals surface area contributed by atoms with Crippen LogP contribution < -0.4 is 10.6 Å². The van der Waals surface area contributed by atoms with Crippen LogP contribution in [0.5, 0.6) is 0 Å². The maximum absolute atomic E-state index is 13.4. The average Bonchev–Trinajstić information content (AvgIpc) is 3.13. The highest BCUT2D eigenvalue weighted by molar-refractivity contribution is 9.11. The van der Waals surface area contributed by atoms with E-state index in [0.717, 1.165) is 26.9 Å². The molecule has 4 rings (SSSR count). The molecule has 2 N–H and O–H groups in total. The Kier molecular flexibility index (Phi) is 5.66. The summed E-state index contributed by atoms with van der Waals surface area (Å²) in [6, 6.07) is 8.63. The van der Waals surface area contributed by atoms with E-state index in [1.165, 1.54) is 16.2 Å². The van der Waals surface area contributed by atoms with Crippen LogP contribution in [0.2, 0.25) is 5.02 Å². The number of halogens is 5. The number of Topliss-reactive ketones (excluding diaryl/α,β-unsaturated/α-hetero) is 1. The molecule has 2 heterocycles. The van der Waals surface area contributed by atoms with Gasteiger partial charge in [0.2, 0.25) is 0 Å². The van der Waals surface area contributed by atoms with Crippen LogP contribution in [-0.4, -0.2) is 5.78 Å². The molecule has 4 nitrogen and oxygen atoms in total. The maximum Gasteiger partial charge on any atom is 0.416 e. The van der Waals surface area contributed by atoms with Crippen molar-refractivity contribution in [2.45, 2.75) is 31.4 Å². The predicted octanol–water partition coefficient (Wildman–Crippen LogP) is 6.49. The molecule has 0 fully saturated rings. The second-order valence-corrected chi connectivity index (χ2v) is 10.0. The van der Waals surface area contributed by atoms with Crippen molar-refractivity contribution in [2.75, 3.05) is 4.90 Å². The number of carbonyl (C=O) groups is 1. The van der Waals surface area contributed by atoms with Gasteiger partial charge in [0.1, 0.15) is 5.82 Å². The normalized spacial score (nSPS) is 19.5. The molecule has 0 amide bonds. The van der Waals surface area contributed by atoms with E-state index in [1.54, 1.807) is 0 Å². The summed E-state index contributed by atoms with van der Waals surface area (Å²) < 4.78 is 40.9. The number of rotatable bonds is 2. The Labute approximate surface area is 193 Å². The van der Waals surface area contributed by atoms with Crippen LogP contribution in [0.15, 0.2) is 56.8 Å². The molecule has 1 aromatic carbocycles. The van der Waals surface area contributed by atoms with Gasteiger partial charge in [0, 0.05) is 22.6 Å². The second kappa shape index (κ2) is 8.01. The Morgan fingerprint density at radius 3 is 2.61 bits per heavy atom. The van der Waals surface area contributed by atoms with Crippen LogP contribution >= 0.6 is 38.9 Å². The number of alkyl halides is 3. The van der Waals surface area contributed by atoms with E-state index in [2.05, 4.69) is 22.0 Å². The first-order valence-corrected chi connectivity index (χ1v) is 11.2. The van der Waals surface area contributed by atoms with Crippen molar-refractivity contribution in [1.82, 2.24) is 0 Å². The van der Waals surface area contributed by atoms with E-state index < -0.39 is 17.7 Å². The molecular formula is C21H14BrClF3N3OS. The van der Waals surface area contributed by atoms with Crippen LogP contribution in [0.4, 0.5) is 18.9 Å². The molecule has 0 spiro atoms. The summed E-state index contributed by atoms with van der Waals surface area (Å²) in [5.74, 6) is -0.833. The molecule has 0 radical (unpaired) electrons. The molecule has 0 unspecified atom stereocenters. The zero-order valence-corrected chi connectivity index (χ0v) is 18.9. The minimum absolute atomic E-state index is 0.00486. The molecule has 0 saturated carbocycles. The van der Waals surface area contributed by atoms with Crippen molar-refractivity contribution < 1.29 is 18.0 Å². The Hall–Kier alpha value is -2.28. The minimum atomic E-state index is -4.59. The molecule has 1 aromatic heterocycles. The first-order valence-electron chi connectivity index (χ1n) is 9.21. The van der Waals surface area contributed by atoms with Gasteiger partial charge in [0.05, 0.1) is 37.6 Å². The van der Waals surface area contributed by atoms with Crippen LogP contribution in [0.3, 0.4) is 0 Å². The number of benzene rings is 1. The van der Waals surface area contributed by atoms with Gasteiger partial charge in [-0.05, 0) is 59.1 Å². The van der Waals surface area contributed by atoms with E-state index in [1.807, 2.05) is 12.1 Å². The van der Waals surface area contributed by atoms with Crippen molar-refractivity contribution in [3.05, 3.63) is 72.2 Å². The molecule has 2 aromatic rings. The van der Waals surface area contributed by atoms with E-state index >= 15 is 0 Å². The highest BCUT2D eigenvalue weighted by Crippen LogP contribution is 2.49. The van der Waals surface area contributed by atoms with Gasteiger partial charge in [-0.3, -0.25) is 9.69 Å². The van der Waals surface area contributed by atoms with Gasteiger partial charge in [0.25, 0.3) is 0 Å². The number of nitrogens with two attached hydrogens (primary N) is 1. The lowest BCUT2D eigenvalue weighted by Gasteiger charge is -2.39. The molecule has 10 heteroatoms. The van der Waals surface area contributed by atoms with Crippen molar-refractivity contribution in [2.24, 2.45) is 5.73 Å². The summed E-state index contributed by atoms with van der Waals surface area (Å²) in [7, 11) is 0. The lowest BCUT2D eigenvalue weighted by atomic mass is 9.78. The van der Waals surface area contributed by atoms with Gasteiger partial charge >= 0.3 is 6.18 Å². The standard InChI is InChI=1S/C21H14BrClF3N3OS/c22-17-7-6-16(31-17)18-11(9-27)20(28)29(13-2-1-3-15(30)19(13)18)14-8-10(21(24,25)26)4-5-12(14)23/h4-8,18H,1-3,28H2/t18-/m0/s1. The highest BCUT2D eigenvalue weighted by atomic mass is 79.9. The molecule has 1 atom stereocenters. The number of ketones is 1. The summed E-state index contributed by atoms with van der Waals surface area (Å²) in [6.45, 7) is 0. The van der Waals surface area contributed by atoms with E-state index in [-0.39, 0.29) is 27.9 Å². The first kappa shape index (κ1) is 21.9. The van der Waals surface area contributed by atoms with Crippen LogP contribution in [0, 0.1) is 11.3 Å². The maximum atomic E-state index is 13.4. The summed E-state index contributed by atoms with van der Waals surface area (Å²) >= 11 is 11.1. The average molecular weight is 529 g/mol. The lowest BCUT2D eigenvalue weighted by Crippen LogP contribution is -2.38. The molecule has 2 aliphatic rings. The Balaban J connectivity index is 1.99. The summed E-state index contributed by atoms with van der Waals surface area (Å²) in [5, 5.41) is 9.96. The fraction of sp³-hybridized carbons (Fsp3) is 0.238. The molecule has 1 aliphatic carbocycles. The molecular weight excluding hydrogens is 515 g/mol. The molecule has 1 aliphatic heterocycles. The summed E-state index contributed by atoms with van der Waals surface area (Å²) in [4.78, 5) is 15.1. The zero-order chi connectivity index (χ0) is 22.5. The largest absolute Gasteiger partial charge is 0.416 e. The highest BCUT2D eigenvalue weighted by Gasteiger charge is 2.42. The van der Waals surface area contributed by atoms with Crippen molar-refractivity contribution in [3.63, 3.8) is 0 Å². The van der Waals surface area contributed by atoms with Gasteiger partial charge in [-0.15, -0.1) is 11.3 Å². The molecule has 0 saturated heterocycles. The SMILES string of the molecule is N#CC1=C(N)N(c2cc(C(F)(F)F)ccc2Cl)C2=C(C(=O)CCC2)[C@@H]1c1ccc(Br)s1.